The van der Waals surface area contributed by atoms with Crippen LogP contribution < -0.4 is 5.32 Å². The lowest BCUT2D eigenvalue weighted by Crippen LogP contribution is -2.25. The van der Waals surface area contributed by atoms with Gasteiger partial charge in [-0.25, -0.2) is 9.97 Å². The summed E-state index contributed by atoms with van der Waals surface area (Å²) in [5.41, 5.74) is 3.05. The molecule has 5 heteroatoms. The molecule has 86 valence electrons. The molecule has 1 N–H and O–H groups in total. The van der Waals surface area contributed by atoms with Crippen molar-refractivity contribution < 1.29 is 0 Å². The van der Waals surface area contributed by atoms with Crippen LogP contribution >= 0.6 is 11.6 Å². The van der Waals surface area contributed by atoms with Gasteiger partial charge in [-0.3, -0.25) is 4.98 Å². The molecule has 0 aromatic carbocycles. The molecule has 3 heterocycles. The summed E-state index contributed by atoms with van der Waals surface area (Å²) in [4.78, 5) is 13.1. The zero-order valence-electron chi connectivity index (χ0n) is 9.15. The van der Waals surface area contributed by atoms with Crippen LogP contribution in [0.1, 0.15) is 11.3 Å². The Hall–Kier alpha value is -1.52. The molecule has 2 aromatic rings. The summed E-state index contributed by atoms with van der Waals surface area (Å²) in [5, 5.41) is 3.92. The van der Waals surface area contributed by atoms with Crippen molar-refractivity contribution in [2.24, 2.45) is 0 Å². The summed E-state index contributed by atoms with van der Waals surface area (Å²) >= 11 is 5.80. The molecule has 1 aliphatic rings. The molecule has 0 saturated carbocycles. The van der Waals surface area contributed by atoms with E-state index in [1.807, 2.05) is 12.3 Å². The SMILES string of the molecule is Clc1ccc(-c2ncc3c(n2)CCNC3)nc1. The Kier molecular flexibility index (Phi) is 2.74. The van der Waals surface area contributed by atoms with Crippen LogP contribution in [0.25, 0.3) is 11.5 Å². The lowest BCUT2D eigenvalue weighted by Gasteiger charge is -2.15. The van der Waals surface area contributed by atoms with Crippen LogP contribution in [-0.4, -0.2) is 21.5 Å². The van der Waals surface area contributed by atoms with E-state index >= 15 is 0 Å². The van der Waals surface area contributed by atoms with Crippen LogP contribution in [0.3, 0.4) is 0 Å². The van der Waals surface area contributed by atoms with Crippen molar-refractivity contribution >= 4 is 11.6 Å². The van der Waals surface area contributed by atoms with Gasteiger partial charge in [0, 0.05) is 37.5 Å². The molecule has 0 unspecified atom stereocenters. The standard InChI is InChI=1S/C12H11ClN4/c13-9-1-2-11(15-7-9)12-16-6-8-5-14-4-3-10(8)17-12/h1-2,6-7,14H,3-5H2. The summed E-state index contributed by atoms with van der Waals surface area (Å²) in [6, 6.07) is 3.64. The highest BCUT2D eigenvalue weighted by atomic mass is 35.5. The van der Waals surface area contributed by atoms with Crippen molar-refractivity contribution in [3.05, 3.63) is 40.8 Å². The molecule has 2 aromatic heterocycles. The van der Waals surface area contributed by atoms with Crippen LogP contribution in [0.4, 0.5) is 0 Å². The highest BCUT2D eigenvalue weighted by Gasteiger charge is 2.12. The fourth-order valence-corrected chi connectivity index (χ4v) is 1.98. The van der Waals surface area contributed by atoms with Crippen molar-refractivity contribution in [1.82, 2.24) is 20.3 Å². The van der Waals surface area contributed by atoms with Crippen LogP contribution in [-0.2, 0) is 13.0 Å². The molecule has 17 heavy (non-hydrogen) atoms. The summed E-state index contributed by atoms with van der Waals surface area (Å²) in [5.74, 6) is 0.669. The molecule has 0 fully saturated rings. The first-order chi connectivity index (χ1) is 8.33. The van der Waals surface area contributed by atoms with E-state index in [-0.39, 0.29) is 0 Å². The van der Waals surface area contributed by atoms with Gasteiger partial charge < -0.3 is 5.32 Å². The zero-order valence-corrected chi connectivity index (χ0v) is 9.91. The van der Waals surface area contributed by atoms with Gasteiger partial charge in [0.05, 0.1) is 10.7 Å². The minimum Gasteiger partial charge on any atom is -0.312 e. The van der Waals surface area contributed by atoms with Gasteiger partial charge in [-0.05, 0) is 12.1 Å². The van der Waals surface area contributed by atoms with Crippen molar-refractivity contribution in [3.8, 4) is 11.5 Å². The Labute approximate surface area is 104 Å². The van der Waals surface area contributed by atoms with E-state index < -0.39 is 0 Å². The van der Waals surface area contributed by atoms with Crippen molar-refractivity contribution in [2.45, 2.75) is 13.0 Å². The monoisotopic (exact) mass is 246 g/mol. The molecule has 0 amide bonds. The number of fused-ring (bicyclic) bond motifs is 1. The number of aromatic nitrogens is 3. The predicted octanol–water partition coefficient (Wildman–Crippen LogP) is 1.84. The van der Waals surface area contributed by atoms with Gasteiger partial charge in [-0.1, -0.05) is 11.6 Å². The van der Waals surface area contributed by atoms with Crippen LogP contribution in [0.15, 0.2) is 24.5 Å². The van der Waals surface area contributed by atoms with E-state index in [1.54, 1.807) is 12.3 Å². The summed E-state index contributed by atoms with van der Waals surface area (Å²) in [6.07, 6.45) is 4.43. The predicted molar refractivity (Wildman–Crippen MR) is 65.7 cm³/mol. The quantitative estimate of drug-likeness (QED) is 0.834. The third-order valence-corrected chi connectivity index (χ3v) is 2.99. The topological polar surface area (TPSA) is 50.7 Å². The molecule has 3 rings (SSSR count). The number of nitrogens with one attached hydrogen (secondary N) is 1. The van der Waals surface area contributed by atoms with Gasteiger partial charge >= 0.3 is 0 Å². The summed E-state index contributed by atoms with van der Waals surface area (Å²) < 4.78 is 0. The van der Waals surface area contributed by atoms with E-state index in [0.717, 1.165) is 30.9 Å². The highest BCUT2D eigenvalue weighted by Crippen LogP contribution is 2.17. The second-order valence-corrected chi connectivity index (χ2v) is 4.39. The maximum absolute atomic E-state index is 5.80. The molecule has 4 nitrogen and oxygen atoms in total. The minimum atomic E-state index is 0.621. The average molecular weight is 247 g/mol. The number of pyridine rings is 1. The molecule has 0 atom stereocenters. The molecule has 0 aliphatic carbocycles. The van der Waals surface area contributed by atoms with Crippen LogP contribution in [0.2, 0.25) is 5.02 Å². The Morgan fingerprint density at radius 1 is 1.18 bits per heavy atom. The lowest BCUT2D eigenvalue weighted by molar-refractivity contribution is 0.626. The third-order valence-electron chi connectivity index (χ3n) is 2.76. The Morgan fingerprint density at radius 2 is 2.12 bits per heavy atom. The third kappa shape index (κ3) is 2.14. The van der Waals surface area contributed by atoms with Crippen molar-refractivity contribution in [3.63, 3.8) is 0 Å². The van der Waals surface area contributed by atoms with E-state index in [9.17, 15) is 0 Å². The van der Waals surface area contributed by atoms with Crippen molar-refractivity contribution in [2.75, 3.05) is 6.54 Å². The van der Waals surface area contributed by atoms with Gasteiger partial charge in [0.2, 0.25) is 0 Å². The molecular weight excluding hydrogens is 236 g/mol. The maximum atomic E-state index is 5.80. The van der Waals surface area contributed by atoms with Gasteiger partial charge in [0.15, 0.2) is 5.82 Å². The second-order valence-electron chi connectivity index (χ2n) is 3.95. The normalized spacial score (nSPS) is 14.4. The summed E-state index contributed by atoms with van der Waals surface area (Å²) in [7, 11) is 0. The van der Waals surface area contributed by atoms with Gasteiger partial charge in [-0.2, -0.15) is 0 Å². The number of nitrogens with zero attached hydrogens (tertiary/aromatic N) is 3. The zero-order chi connectivity index (χ0) is 11.7. The highest BCUT2D eigenvalue weighted by molar-refractivity contribution is 6.30. The molecule has 0 saturated heterocycles. The average Bonchev–Trinajstić information content (AvgIpc) is 2.39. The first-order valence-electron chi connectivity index (χ1n) is 5.50. The second kappa shape index (κ2) is 4.39. The Balaban J connectivity index is 2.01. The largest absolute Gasteiger partial charge is 0.312 e. The molecule has 0 spiro atoms. The van der Waals surface area contributed by atoms with E-state index in [0.29, 0.717) is 10.8 Å². The molecule has 1 aliphatic heterocycles. The van der Waals surface area contributed by atoms with Gasteiger partial charge in [-0.15, -0.1) is 0 Å². The van der Waals surface area contributed by atoms with E-state index in [4.69, 9.17) is 11.6 Å². The first-order valence-corrected chi connectivity index (χ1v) is 5.88. The Morgan fingerprint density at radius 3 is 2.94 bits per heavy atom. The summed E-state index contributed by atoms with van der Waals surface area (Å²) in [6.45, 7) is 1.82. The lowest BCUT2D eigenvalue weighted by atomic mass is 10.1. The number of hydrogen-bond acceptors (Lipinski definition) is 4. The van der Waals surface area contributed by atoms with E-state index in [1.165, 1.54) is 5.56 Å². The fourth-order valence-electron chi connectivity index (χ4n) is 1.87. The van der Waals surface area contributed by atoms with Crippen LogP contribution in [0.5, 0.6) is 0 Å². The molecule has 0 bridgehead atoms. The number of hydrogen-bond donors (Lipinski definition) is 1. The molecular formula is C12H11ClN4. The Bertz CT molecular complexity index is 539. The fraction of sp³-hybridized carbons (Fsp3) is 0.250. The van der Waals surface area contributed by atoms with Gasteiger partial charge in [0.25, 0.3) is 0 Å². The maximum Gasteiger partial charge on any atom is 0.178 e. The van der Waals surface area contributed by atoms with Gasteiger partial charge in [0.1, 0.15) is 5.69 Å². The number of halogens is 1. The number of rotatable bonds is 1. The van der Waals surface area contributed by atoms with Crippen molar-refractivity contribution in [1.29, 1.82) is 0 Å². The van der Waals surface area contributed by atoms with Crippen LogP contribution in [0, 0.1) is 0 Å². The first kappa shape index (κ1) is 10.6. The minimum absolute atomic E-state index is 0.621. The molecule has 0 radical (unpaired) electrons. The van der Waals surface area contributed by atoms with E-state index in [2.05, 4.69) is 20.3 Å². The smallest absolute Gasteiger partial charge is 0.178 e.